The number of rotatable bonds is 6. The summed E-state index contributed by atoms with van der Waals surface area (Å²) in [5, 5.41) is 12.5. The maximum absolute atomic E-state index is 13.2. The highest BCUT2D eigenvalue weighted by Crippen LogP contribution is 2.24. The molecule has 4 aromatic rings. The molecule has 0 aliphatic carbocycles. The lowest BCUT2D eigenvalue weighted by atomic mass is 10.2. The molecule has 0 unspecified atom stereocenters. The van der Waals surface area contributed by atoms with Gasteiger partial charge in [-0.1, -0.05) is 0 Å². The molecule has 0 N–H and O–H groups in total. The molecule has 0 atom stereocenters. The number of hydrogen-bond acceptors (Lipinski definition) is 7. The van der Waals surface area contributed by atoms with Crippen molar-refractivity contribution < 1.29 is 17.5 Å². The van der Waals surface area contributed by atoms with E-state index in [0.29, 0.717) is 55.6 Å². The molecule has 0 radical (unpaired) electrons. The molecule has 0 spiro atoms. The normalized spacial score (nSPS) is 15.3. The van der Waals surface area contributed by atoms with Crippen LogP contribution in [0.4, 0.5) is 4.39 Å². The summed E-state index contributed by atoms with van der Waals surface area (Å²) in [5.41, 5.74) is 2.07. The first-order valence-corrected chi connectivity index (χ1v) is 12.0. The number of aryl methyl sites for hydroxylation is 1. The van der Waals surface area contributed by atoms with Crippen molar-refractivity contribution in [3.8, 4) is 11.4 Å². The van der Waals surface area contributed by atoms with Gasteiger partial charge < -0.3 is 9.30 Å². The first-order valence-electron chi connectivity index (χ1n) is 10.6. The molecular formula is C21H22FN7O3S. The first kappa shape index (κ1) is 21.6. The molecule has 2 aromatic heterocycles. The molecule has 33 heavy (non-hydrogen) atoms. The number of benzene rings is 2. The topological polar surface area (TPSA) is 108 Å². The molecule has 1 fully saturated rings. The molecule has 1 aliphatic rings. The number of ether oxygens (including phenoxy) is 1. The number of halogens is 1. The second-order valence-electron chi connectivity index (χ2n) is 7.59. The zero-order valence-corrected chi connectivity index (χ0v) is 18.7. The van der Waals surface area contributed by atoms with Gasteiger partial charge in [-0.2, -0.15) is 9.10 Å². The summed E-state index contributed by atoms with van der Waals surface area (Å²) in [7, 11) is -3.62. The predicted molar refractivity (Wildman–Crippen MR) is 117 cm³/mol. The van der Waals surface area contributed by atoms with Crippen LogP contribution in [-0.2, 0) is 27.8 Å². The number of nitrogens with zero attached hydrogens (tertiary/aromatic N) is 7. The van der Waals surface area contributed by atoms with E-state index in [9.17, 15) is 12.8 Å². The largest absolute Gasteiger partial charge is 0.379 e. The second kappa shape index (κ2) is 8.61. The summed E-state index contributed by atoms with van der Waals surface area (Å²) in [6, 6.07) is 10.9. The summed E-state index contributed by atoms with van der Waals surface area (Å²) in [6.07, 6.45) is 0. The van der Waals surface area contributed by atoms with E-state index >= 15 is 0 Å². The molecule has 2 aromatic carbocycles. The van der Waals surface area contributed by atoms with Crippen molar-refractivity contribution in [3.63, 3.8) is 0 Å². The van der Waals surface area contributed by atoms with Crippen LogP contribution in [0.5, 0.6) is 0 Å². The van der Waals surface area contributed by atoms with Gasteiger partial charge in [0.05, 0.1) is 29.1 Å². The Morgan fingerprint density at radius 2 is 1.85 bits per heavy atom. The Balaban J connectivity index is 1.45. The van der Waals surface area contributed by atoms with Gasteiger partial charge in [0.15, 0.2) is 0 Å². The van der Waals surface area contributed by atoms with Gasteiger partial charge in [0.1, 0.15) is 18.2 Å². The van der Waals surface area contributed by atoms with Crippen LogP contribution in [0.2, 0.25) is 0 Å². The lowest BCUT2D eigenvalue weighted by molar-refractivity contribution is 0.0730. The Hall–Kier alpha value is -3.22. The maximum atomic E-state index is 13.2. The first-order chi connectivity index (χ1) is 16.0. The summed E-state index contributed by atoms with van der Waals surface area (Å²) < 4.78 is 47.9. The van der Waals surface area contributed by atoms with Crippen LogP contribution in [0.15, 0.2) is 47.4 Å². The Kier molecular flexibility index (Phi) is 5.64. The van der Waals surface area contributed by atoms with E-state index in [1.54, 1.807) is 30.3 Å². The fourth-order valence-electron chi connectivity index (χ4n) is 3.88. The number of hydrogen-bond donors (Lipinski definition) is 0. The molecule has 0 amide bonds. The fourth-order valence-corrected chi connectivity index (χ4v) is 5.31. The van der Waals surface area contributed by atoms with Crippen LogP contribution in [0.3, 0.4) is 0 Å². The smallest absolute Gasteiger partial charge is 0.243 e. The highest BCUT2D eigenvalue weighted by atomic mass is 32.2. The molecule has 1 aliphatic heterocycles. The maximum Gasteiger partial charge on any atom is 0.243 e. The lowest BCUT2D eigenvalue weighted by Crippen LogP contribution is -2.40. The Morgan fingerprint density at radius 1 is 1.09 bits per heavy atom. The van der Waals surface area contributed by atoms with Gasteiger partial charge >= 0.3 is 0 Å². The van der Waals surface area contributed by atoms with Gasteiger partial charge in [-0.15, -0.1) is 10.2 Å². The predicted octanol–water partition coefficient (Wildman–Crippen LogP) is 1.92. The highest BCUT2D eigenvalue weighted by molar-refractivity contribution is 7.89. The van der Waals surface area contributed by atoms with Crippen LogP contribution in [0.25, 0.3) is 22.4 Å². The minimum Gasteiger partial charge on any atom is -0.379 e. The van der Waals surface area contributed by atoms with Crippen molar-refractivity contribution in [2.24, 2.45) is 0 Å². The Morgan fingerprint density at radius 3 is 2.58 bits per heavy atom. The number of fused-ring (bicyclic) bond motifs is 1. The quantitative estimate of drug-likeness (QED) is 0.423. The molecule has 3 heterocycles. The molecule has 172 valence electrons. The van der Waals surface area contributed by atoms with Crippen molar-refractivity contribution in [1.29, 1.82) is 0 Å². The van der Waals surface area contributed by atoms with E-state index in [2.05, 4.69) is 20.4 Å². The van der Waals surface area contributed by atoms with Gasteiger partial charge in [-0.05, 0) is 54.6 Å². The molecule has 12 heteroatoms. The minimum absolute atomic E-state index is 0.210. The van der Waals surface area contributed by atoms with Gasteiger partial charge in [0.25, 0.3) is 0 Å². The van der Waals surface area contributed by atoms with E-state index < -0.39 is 10.0 Å². The van der Waals surface area contributed by atoms with E-state index in [0.717, 1.165) is 5.52 Å². The molecular weight excluding hydrogens is 449 g/mol. The third kappa shape index (κ3) is 4.12. The van der Waals surface area contributed by atoms with Crippen LogP contribution in [0.1, 0.15) is 12.7 Å². The third-order valence-corrected chi connectivity index (χ3v) is 7.46. The van der Waals surface area contributed by atoms with Crippen LogP contribution >= 0.6 is 0 Å². The van der Waals surface area contributed by atoms with Crippen molar-refractivity contribution >= 4 is 21.1 Å². The lowest BCUT2D eigenvalue weighted by Gasteiger charge is -2.26. The molecule has 0 saturated carbocycles. The molecule has 0 bridgehead atoms. The zero-order chi connectivity index (χ0) is 23.0. The molecule has 10 nitrogen and oxygen atoms in total. The van der Waals surface area contributed by atoms with Crippen molar-refractivity contribution in [3.05, 3.63) is 54.1 Å². The van der Waals surface area contributed by atoms with Crippen LogP contribution in [-0.4, -0.2) is 68.8 Å². The van der Waals surface area contributed by atoms with E-state index in [-0.39, 0.29) is 17.3 Å². The summed E-state index contributed by atoms with van der Waals surface area (Å²) >= 11 is 0. The second-order valence-corrected chi connectivity index (χ2v) is 9.53. The fraction of sp³-hybridized carbons (Fsp3) is 0.333. The highest BCUT2D eigenvalue weighted by Gasteiger charge is 2.27. The molecule has 1 saturated heterocycles. The number of morpholine rings is 1. The number of tetrazole rings is 1. The average Bonchev–Trinajstić information content (AvgIpc) is 3.43. The summed E-state index contributed by atoms with van der Waals surface area (Å²) in [6.45, 7) is 4.33. The zero-order valence-electron chi connectivity index (χ0n) is 17.9. The van der Waals surface area contributed by atoms with Gasteiger partial charge in [-0.25, -0.2) is 17.8 Å². The SMILES string of the molecule is CCn1c(Cn2nnc(-c3ccc(F)cc3)n2)nc2cc(S(=O)(=O)N3CCOCC3)ccc21. The summed E-state index contributed by atoms with van der Waals surface area (Å²) in [5.74, 6) is 0.724. The van der Waals surface area contributed by atoms with Crippen molar-refractivity contribution in [2.45, 2.75) is 24.9 Å². The monoisotopic (exact) mass is 471 g/mol. The van der Waals surface area contributed by atoms with Gasteiger partial charge in [-0.3, -0.25) is 0 Å². The number of imidazole rings is 1. The van der Waals surface area contributed by atoms with E-state index in [1.807, 2.05) is 11.5 Å². The summed E-state index contributed by atoms with van der Waals surface area (Å²) in [4.78, 5) is 6.29. The standard InChI is InChI=1S/C21H22FN7O3S/c1-2-28-19-8-7-17(33(30,31)27-9-11-32-12-10-27)13-18(19)23-20(28)14-29-25-21(24-26-29)15-3-5-16(22)6-4-15/h3-8,13H,2,9-12,14H2,1H3. The number of sulfonamides is 1. The minimum atomic E-state index is -3.62. The van der Waals surface area contributed by atoms with Gasteiger partial charge in [0, 0.05) is 25.2 Å². The van der Waals surface area contributed by atoms with Crippen molar-refractivity contribution in [2.75, 3.05) is 26.3 Å². The van der Waals surface area contributed by atoms with E-state index in [1.165, 1.54) is 21.2 Å². The Bertz CT molecular complexity index is 1390. The average molecular weight is 472 g/mol. The van der Waals surface area contributed by atoms with Crippen molar-refractivity contribution in [1.82, 2.24) is 34.1 Å². The molecule has 5 rings (SSSR count). The number of aromatic nitrogens is 6. The van der Waals surface area contributed by atoms with E-state index in [4.69, 9.17) is 4.74 Å². The Labute approximate surface area is 189 Å². The van der Waals surface area contributed by atoms with Crippen LogP contribution in [0, 0.1) is 5.82 Å². The third-order valence-electron chi connectivity index (χ3n) is 5.56. The van der Waals surface area contributed by atoms with Crippen LogP contribution < -0.4 is 0 Å². The van der Waals surface area contributed by atoms with Gasteiger partial charge in [0.2, 0.25) is 15.8 Å².